The van der Waals surface area contributed by atoms with Crippen LogP contribution in [0.5, 0.6) is 0 Å². The molecule has 110 valence electrons. The van der Waals surface area contributed by atoms with Crippen LogP contribution in [0, 0.1) is 11.8 Å². The van der Waals surface area contributed by atoms with Gasteiger partial charge in [0.05, 0.1) is 0 Å². The first kappa shape index (κ1) is 14.7. The molecule has 0 saturated heterocycles. The van der Waals surface area contributed by atoms with E-state index < -0.39 is 24.6 Å². The first-order chi connectivity index (χ1) is 9.29. The zero-order valence-corrected chi connectivity index (χ0v) is 11.0. The quantitative estimate of drug-likeness (QED) is 0.929. The first-order valence-electron chi connectivity index (χ1n) is 6.41. The second-order valence-electron chi connectivity index (χ2n) is 5.28. The Bertz CT molecular complexity index is 501. The van der Waals surface area contributed by atoms with E-state index in [1.807, 2.05) is 19.1 Å². The maximum atomic E-state index is 12.8. The lowest BCUT2D eigenvalue weighted by atomic mass is 9.93. The third-order valence-corrected chi connectivity index (χ3v) is 3.53. The van der Waals surface area contributed by atoms with E-state index in [0.717, 1.165) is 12.0 Å². The summed E-state index contributed by atoms with van der Waals surface area (Å²) in [6.45, 7) is 1.85. The van der Waals surface area contributed by atoms with Crippen molar-refractivity contribution in [2.75, 3.05) is 18.0 Å². The van der Waals surface area contributed by atoms with Crippen molar-refractivity contribution in [3.63, 3.8) is 0 Å². The number of hydrogen-bond donors (Lipinski definition) is 1. The molecular formula is C14H16F3NO2. The van der Waals surface area contributed by atoms with Gasteiger partial charge in [-0.05, 0) is 24.0 Å². The summed E-state index contributed by atoms with van der Waals surface area (Å²) in [7, 11) is 0. The van der Waals surface area contributed by atoms with Gasteiger partial charge >= 0.3 is 12.1 Å². The summed E-state index contributed by atoms with van der Waals surface area (Å²) in [5, 5.41) is 8.81. The highest BCUT2D eigenvalue weighted by Crippen LogP contribution is 2.33. The largest absolute Gasteiger partial charge is 0.481 e. The lowest BCUT2D eigenvalue weighted by Crippen LogP contribution is -2.44. The minimum atomic E-state index is -4.73. The molecule has 1 aliphatic heterocycles. The Kier molecular flexibility index (Phi) is 3.92. The lowest BCUT2D eigenvalue weighted by Gasteiger charge is -2.36. The molecule has 1 aromatic rings. The van der Waals surface area contributed by atoms with Crippen LogP contribution in [0.3, 0.4) is 0 Å². The third-order valence-electron chi connectivity index (χ3n) is 3.53. The Morgan fingerprint density at radius 2 is 2.10 bits per heavy atom. The van der Waals surface area contributed by atoms with Crippen molar-refractivity contribution in [3.05, 3.63) is 29.8 Å². The fourth-order valence-electron chi connectivity index (χ4n) is 2.62. The van der Waals surface area contributed by atoms with Crippen LogP contribution in [-0.2, 0) is 11.2 Å². The van der Waals surface area contributed by atoms with Gasteiger partial charge < -0.3 is 10.0 Å². The molecule has 2 rings (SSSR count). The Morgan fingerprint density at radius 3 is 2.70 bits per heavy atom. The number of halogens is 3. The fourth-order valence-corrected chi connectivity index (χ4v) is 2.62. The minimum absolute atomic E-state index is 0.201. The number of carboxylic acid groups (broad SMARTS) is 1. The molecule has 3 nitrogen and oxygen atoms in total. The molecule has 0 saturated carbocycles. The number of nitrogens with zero attached hydrogens (tertiary/aromatic N) is 1. The Labute approximate surface area is 115 Å². The van der Waals surface area contributed by atoms with E-state index in [4.69, 9.17) is 5.11 Å². The summed E-state index contributed by atoms with van der Waals surface area (Å²) in [6.07, 6.45) is -3.93. The molecule has 1 N–H and O–H groups in total. The molecule has 1 heterocycles. The van der Waals surface area contributed by atoms with Crippen LogP contribution in [0.25, 0.3) is 0 Å². The van der Waals surface area contributed by atoms with Gasteiger partial charge in [-0.25, -0.2) is 0 Å². The van der Waals surface area contributed by atoms with E-state index >= 15 is 0 Å². The molecule has 0 radical (unpaired) electrons. The average Bonchev–Trinajstić information content (AvgIpc) is 2.33. The number of carbonyl (C=O) groups is 1. The van der Waals surface area contributed by atoms with Gasteiger partial charge in [0.25, 0.3) is 0 Å². The standard InChI is InChI=1S/C14H16F3NO2/c1-9-6-10-4-2-3-5-12(10)18(7-9)8-11(13(19)20)14(15,16)17/h2-5,9,11H,6-8H2,1H3,(H,19,20). The zero-order valence-electron chi connectivity index (χ0n) is 11.0. The Morgan fingerprint density at radius 1 is 1.45 bits per heavy atom. The number of hydrogen-bond acceptors (Lipinski definition) is 2. The molecule has 2 unspecified atom stereocenters. The van der Waals surface area contributed by atoms with Crippen molar-refractivity contribution < 1.29 is 23.1 Å². The van der Waals surface area contributed by atoms with Crippen LogP contribution in [0.4, 0.5) is 18.9 Å². The van der Waals surface area contributed by atoms with E-state index in [-0.39, 0.29) is 5.92 Å². The number of anilines is 1. The van der Waals surface area contributed by atoms with Crippen molar-refractivity contribution in [3.8, 4) is 0 Å². The molecule has 0 fully saturated rings. The molecule has 0 aromatic heterocycles. The number of fused-ring (bicyclic) bond motifs is 1. The smallest absolute Gasteiger partial charge is 0.403 e. The third kappa shape index (κ3) is 3.05. The molecule has 1 aromatic carbocycles. The van der Waals surface area contributed by atoms with Gasteiger partial charge in [0.1, 0.15) is 0 Å². The highest BCUT2D eigenvalue weighted by molar-refractivity contribution is 5.72. The fraction of sp³-hybridized carbons (Fsp3) is 0.500. The topological polar surface area (TPSA) is 40.5 Å². The number of rotatable bonds is 3. The average molecular weight is 287 g/mol. The van der Waals surface area contributed by atoms with E-state index in [2.05, 4.69) is 0 Å². The molecule has 20 heavy (non-hydrogen) atoms. The summed E-state index contributed by atoms with van der Waals surface area (Å²) in [4.78, 5) is 12.4. The summed E-state index contributed by atoms with van der Waals surface area (Å²) in [5.74, 6) is -3.98. The van der Waals surface area contributed by atoms with Crippen LogP contribution in [0.1, 0.15) is 12.5 Å². The van der Waals surface area contributed by atoms with Gasteiger partial charge in [0, 0.05) is 18.8 Å². The minimum Gasteiger partial charge on any atom is -0.481 e. The van der Waals surface area contributed by atoms with Gasteiger partial charge in [-0.2, -0.15) is 13.2 Å². The summed E-state index contributed by atoms with van der Waals surface area (Å²) >= 11 is 0. The lowest BCUT2D eigenvalue weighted by molar-refractivity contribution is -0.191. The van der Waals surface area contributed by atoms with Gasteiger partial charge in [-0.1, -0.05) is 25.1 Å². The van der Waals surface area contributed by atoms with Crippen LogP contribution in [0.15, 0.2) is 24.3 Å². The molecule has 1 aliphatic rings. The monoisotopic (exact) mass is 287 g/mol. The molecule has 0 bridgehead atoms. The van der Waals surface area contributed by atoms with E-state index in [1.165, 1.54) is 4.90 Å². The van der Waals surface area contributed by atoms with E-state index in [9.17, 15) is 18.0 Å². The molecule has 0 amide bonds. The van der Waals surface area contributed by atoms with Crippen molar-refractivity contribution >= 4 is 11.7 Å². The number of carboxylic acids is 1. The predicted molar refractivity (Wildman–Crippen MR) is 68.7 cm³/mol. The maximum absolute atomic E-state index is 12.8. The second-order valence-corrected chi connectivity index (χ2v) is 5.28. The van der Waals surface area contributed by atoms with E-state index in [1.54, 1.807) is 12.1 Å². The molecule has 2 atom stereocenters. The zero-order chi connectivity index (χ0) is 14.9. The van der Waals surface area contributed by atoms with Crippen LogP contribution < -0.4 is 4.90 Å². The van der Waals surface area contributed by atoms with Gasteiger partial charge in [0.15, 0.2) is 5.92 Å². The van der Waals surface area contributed by atoms with Crippen LogP contribution >= 0.6 is 0 Å². The molecule has 0 aliphatic carbocycles. The molecule has 0 spiro atoms. The van der Waals surface area contributed by atoms with Crippen molar-refractivity contribution in [1.82, 2.24) is 0 Å². The number of para-hydroxylation sites is 1. The normalized spacial score (nSPS) is 20.4. The molecule has 6 heteroatoms. The van der Waals surface area contributed by atoms with E-state index in [0.29, 0.717) is 12.2 Å². The number of benzene rings is 1. The second kappa shape index (κ2) is 5.34. The maximum Gasteiger partial charge on any atom is 0.403 e. The predicted octanol–water partition coefficient (Wildman–Crippen LogP) is 2.95. The van der Waals surface area contributed by atoms with Crippen molar-refractivity contribution in [2.24, 2.45) is 11.8 Å². The Hall–Kier alpha value is -1.72. The number of alkyl halides is 3. The highest BCUT2D eigenvalue weighted by Gasteiger charge is 2.46. The van der Waals surface area contributed by atoms with Gasteiger partial charge in [0.2, 0.25) is 0 Å². The molecular weight excluding hydrogens is 271 g/mol. The summed E-state index contributed by atoms with van der Waals surface area (Å²) in [6, 6.07) is 7.22. The summed E-state index contributed by atoms with van der Waals surface area (Å²) < 4.78 is 38.4. The van der Waals surface area contributed by atoms with Crippen LogP contribution in [0.2, 0.25) is 0 Å². The van der Waals surface area contributed by atoms with Crippen molar-refractivity contribution in [2.45, 2.75) is 19.5 Å². The van der Waals surface area contributed by atoms with Crippen molar-refractivity contribution in [1.29, 1.82) is 0 Å². The van der Waals surface area contributed by atoms with Gasteiger partial charge in [-0.3, -0.25) is 4.79 Å². The number of aliphatic carboxylic acids is 1. The first-order valence-corrected chi connectivity index (χ1v) is 6.41. The Balaban J connectivity index is 2.27. The SMILES string of the molecule is CC1Cc2ccccc2N(CC(C(=O)O)C(F)(F)F)C1. The summed E-state index contributed by atoms with van der Waals surface area (Å²) in [5.41, 5.74) is 1.68. The van der Waals surface area contributed by atoms with Crippen LogP contribution in [-0.4, -0.2) is 30.3 Å². The highest BCUT2D eigenvalue weighted by atomic mass is 19.4. The van der Waals surface area contributed by atoms with Gasteiger partial charge in [-0.15, -0.1) is 0 Å².